The molecule has 0 spiro atoms. The molecule has 0 aliphatic rings. The van der Waals surface area contributed by atoms with Crippen LogP contribution in [0.1, 0.15) is 36.6 Å². The van der Waals surface area contributed by atoms with E-state index >= 15 is 0 Å². The molecular weight excluding hydrogens is 230 g/mol. The average Bonchev–Trinajstić information content (AvgIpc) is 2.75. The zero-order valence-corrected chi connectivity index (χ0v) is 10.6. The lowest BCUT2D eigenvalue weighted by atomic mass is 10.2. The molecule has 2 rings (SSSR count). The molecule has 0 amide bonds. The number of aromatic nitrogens is 2. The van der Waals surface area contributed by atoms with Crippen LogP contribution in [-0.4, -0.2) is 26.5 Å². The molecule has 5 heteroatoms. The van der Waals surface area contributed by atoms with Gasteiger partial charge in [-0.3, -0.25) is 4.40 Å². The minimum Gasteiger partial charge on any atom is -0.475 e. The lowest BCUT2D eigenvalue weighted by Crippen LogP contribution is -2.24. The highest BCUT2D eigenvalue weighted by molar-refractivity contribution is 5.85. The van der Waals surface area contributed by atoms with Crippen LogP contribution < -0.4 is 5.32 Å². The maximum absolute atomic E-state index is 11.1. The number of fused-ring (bicyclic) bond motifs is 1. The number of pyridine rings is 1. The number of hydrogen-bond donors (Lipinski definition) is 2. The summed E-state index contributed by atoms with van der Waals surface area (Å²) in [5.41, 5.74) is 1.61. The van der Waals surface area contributed by atoms with Crippen LogP contribution in [0, 0.1) is 0 Å². The highest BCUT2D eigenvalue weighted by Crippen LogP contribution is 2.13. The smallest absolute Gasteiger partial charge is 0.372 e. The highest BCUT2D eigenvalue weighted by atomic mass is 16.4. The van der Waals surface area contributed by atoms with E-state index in [4.69, 9.17) is 5.11 Å². The monoisotopic (exact) mass is 247 g/mol. The predicted molar refractivity (Wildman–Crippen MR) is 68.7 cm³/mol. The summed E-state index contributed by atoms with van der Waals surface area (Å²) >= 11 is 0. The van der Waals surface area contributed by atoms with Gasteiger partial charge in [0.1, 0.15) is 0 Å². The first-order valence-corrected chi connectivity index (χ1v) is 6.06. The van der Waals surface area contributed by atoms with Gasteiger partial charge in [-0.2, -0.15) is 0 Å². The second kappa shape index (κ2) is 5.18. The molecule has 0 aromatic carbocycles. The van der Waals surface area contributed by atoms with Crippen LogP contribution in [0.25, 0.3) is 5.52 Å². The molecule has 1 unspecified atom stereocenters. The molecule has 5 nitrogen and oxygen atoms in total. The normalized spacial score (nSPS) is 12.8. The van der Waals surface area contributed by atoms with Crippen molar-refractivity contribution in [1.82, 2.24) is 14.7 Å². The number of nitrogens with one attached hydrogen (secondary N) is 1. The van der Waals surface area contributed by atoms with Gasteiger partial charge in [0, 0.05) is 18.8 Å². The van der Waals surface area contributed by atoms with Crippen molar-refractivity contribution < 1.29 is 9.90 Å². The number of carboxylic acids is 1. The van der Waals surface area contributed by atoms with Crippen molar-refractivity contribution in [1.29, 1.82) is 0 Å². The lowest BCUT2D eigenvalue weighted by molar-refractivity contribution is 0.0682. The topological polar surface area (TPSA) is 66.6 Å². The van der Waals surface area contributed by atoms with Crippen LogP contribution in [0.3, 0.4) is 0 Å². The van der Waals surface area contributed by atoms with E-state index in [0.29, 0.717) is 12.6 Å². The summed E-state index contributed by atoms with van der Waals surface area (Å²) in [5, 5.41) is 12.4. The zero-order valence-electron chi connectivity index (χ0n) is 10.6. The molecule has 0 saturated heterocycles. The zero-order chi connectivity index (χ0) is 13.1. The van der Waals surface area contributed by atoms with E-state index in [0.717, 1.165) is 17.6 Å². The fraction of sp³-hybridized carbons (Fsp3) is 0.385. The van der Waals surface area contributed by atoms with Gasteiger partial charge < -0.3 is 10.4 Å². The summed E-state index contributed by atoms with van der Waals surface area (Å²) in [7, 11) is 0. The SMILES string of the molecule is CCC(C)NCc1nc(C(=O)O)n2ccccc12. The number of carboxylic acid groups (broad SMARTS) is 1. The molecular formula is C13H17N3O2. The summed E-state index contributed by atoms with van der Waals surface area (Å²) in [6.45, 7) is 4.78. The number of rotatable bonds is 5. The second-order valence-corrected chi connectivity index (χ2v) is 4.33. The first-order chi connectivity index (χ1) is 8.63. The van der Waals surface area contributed by atoms with E-state index in [1.165, 1.54) is 0 Å². The largest absolute Gasteiger partial charge is 0.475 e. The standard InChI is InChI=1S/C13H17N3O2/c1-3-9(2)14-8-10-11-6-4-5-7-16(11)12(15-10)13(17)18/h4-7,9,14H,3,8H2,1-2H3,(H,17,18). The Kier molecular flexibility index (Phi) is 3.62. The van der Waals surface area contributed by atoms with Gasteiger partial charge in [0.05, 0.1) is 11.2 Å². The van der Waals surface area contributed by atoms with Gasteiger partial charge in [-0.15, -0.1) is 0 Å². The summed E-state index contributed by atoms with van der Waals surface area (Å²) in [6, 6.07) is 5.95. The fourth-order valence-corrected chi connectivity index (χ4v) is 1.80. The average molecular weight is 247 g/mol. The Bertz CT molecular complexity index is 562. The molecule has 0 aliphatic carbocycles. The third-order valence-corrected chi connectivity index (χ3v) is 3.05. The van der Waals surface area contributed by atoms with Gasteiger partial charge in [-0.05, 0) is 25.5 Å². The van der Waals surface area contributed by atoms with Gasteiger partial charge in [0.2, 0.25) is 5.82 Å². The van der Waals surface area contributed by atoms with E-state index in [-0.39, 0.29) is 5.82 Å². The van der Waals surface area contributed by atoms with Crippen molar-refractivity contribution in [2.45, 2.75) is 32.9 Å². The summed E-state index contributed by atoms with van der Waals surface area (Å²) < 4.78 is 1.61. The maximum Gasteiger partial charge on any atom is 0.372 e. The Morgan fingerprint density at radius 2 is 2.33 bits per heavy atom. The van der Waals surface area contributed by atoms with Crippen molar-refractivity contribution in [3.63, 3.8) is 0 Å². The van der Waals surface area contributed by atoms with Crippen molar-refractivity contribution in [3.05, 3.63) is 35.9 Å². The lowest BCUT2D eigenvalue weighted by Gasteiger charge is -2.09. The molecule has 0 saturated carbocycles. The third-order valence-electron chi connectivity index (χ3n) is 3.05. The van der Waals surface area contributed by atoms with E-state index in [1.807, 2.05) is 12.1 Å². The van der Waals surface area contributed by atoms with Gasteiger partial charge in [-0.1, -0.05) is 13.0 Å². The molecule has 96 valence electrons. The van der Waals surface area contributed by atoms with Crippen molar-refractivity contribution in [2.75, 3.05) is 0 Å². The molecule has 0 aliphatic heterocycles. The Morgan fingerprint density at radius 3 is 3.00 bits per heavy atom. The molecule has 0 radical (unpaired) electrons. The number of aromatic carboxylic acids is 1. The van der Waals surface area contributed by atoms with Crippen LogP contribution in [0.4, 0.5) is 0 Å². The van der Waals surface area contributed by atoms with Crippen LogP contribution in [0.15, 0.2) is 24.4 Å². The molecule has 0 bridgehead atoms. The van der Waals surface area contributed by atoms with Crippen LogP contribution in [0.2, 0.25) is 0 Å². The van der Waals surface area contributed by atoms with Crippen LogP contribution >= 0.6 is 0 Å². The summed E-state index contributed by atoms with van der Waals surface area (Å²) in [6.07, 6.45) is 2.75. The molecule has 0 fully saturated rings. The quantitative estimate of drug-likeness (QED) is 0.847. The Morgan fingerprint density at radius 1 is 1.56 bits per heavy atom. The molecule has 2 aromatic rings. The maximum atomic E-state index is 11.1. The van der Waals surface area contributed by atoms with Crippen LogP contribution in [-0.2, 0) is 6.54 Å². The van der Waals surface area contributed by atoms with Crippen molar-refractivity contribution in [2.24, 2.45) is 0 Å². The fourth-order valence-electron chi connectivity index (χ4n) is 1.80. The minimum atomic E-state index is -1.01. The van der Waals surface area contributed by atoms with Crippen molar-refractivity contribution in [3.8, 4) is 0 Å². The molecule has 2 N–H and O–H groups in total. The van der Waals surface area contributed by atoms with Gasteiger partial charge in [-0.25, -0.2) is 9.78 Å². The van der Waals surface area contributed by atoms with Gasteiger partial charge >= 0.3 is 5.97 Å². The number of imidazole rings is 1. The van der Waals surface area contributed by atoms with E-state index in [1.54, 1.807) is 16.7 Å². The number of carbonyl (C=O) groups is 1. The Hall–Kier alpha value is -1.88. The summed E-state index contributed by atoms with van der Waals surface area (Å²) in [4.78, 5) is 15.3. The highest BCUT2D eigenvalue weighted by Gasteiger charge is 2.15. The molecule has 18 heavy (non-hydrogen) atoms. The Labute approximate surface area is 105 Å². The summed E-state index contributed by atoms with van der Waals surface area (Å²) in [5.74, 6) is -0.947. The first-order valence-electron chi connectivity index (χ1n) is 6.06. The number of nitrogens with zero attached hydrogens (tertiary/aromatic N) is 2. The first kappa shape index (κ1) is 12.6. The third kappa shape index (κ3) is 2.36. The molecule has 2 aromatic heterocycles. The minimum absolute atomic E-state index is 0.0616. The van der Waals surface area contributed by atoms with E-state index < -0.39 is 5.97 Å². The van der Waals surface area contributed by atoms with Crippen LogP contribution in [0.5, 0.6) is 0 Å². The molecule has 2 heterocycles. The Balaban J connectivity index is 2.36. The second-order valence-electron chi connectivity index (χ2n) is 4.33. The van der Waals surface area contributed by atoms with Gasteiger partial charge in [0.15, 0.2) is 0 Å². The van der Waals surface area contributed by atoms with E-state index in [2.05, 4.69) is 24.1 Å². The molecule has 1 atom stereocenters. The van der Waals surface area contributed by atoms with E-state index in [9.17, 15) is 4.79 Å². The van der Waals surface area contributed by atoms with Gasteiger partial charge in [0.25, 0.3) is 0 Å². The predicted octanol–water partition coefficient (Wildman–Crippen LogP) is 1.92. The number of hydrogen-bond acceptors (Lipinski definition) is 3. The van der Waals surface area contributed by atoms with Crippen molar-refractivity contribution >= 4 is 11.5 Å².